The first-order valence-corrected chi connectivity index (χ1v) is 9.38. The Balaban J connectivity index is 2.17. The van der Waals surface area contributed by atoms with Gasteiger partial charge in [-0.05, 0) is 25.2 Å². The molecule has 0 saturated carbocycles. The van der Waals surface area contributed by atoms with E-state index in [1.54, 1.807) is 18.9 Å². The van der Waals surface area contributed by atoms with Gasteiger partial charge >= 0.3 is 0 Å². The van der Waals surface area contributed by atoms with Crippen molar-refractivity contribution in [2.75, 3.05) is 26.8 Å². The fraction of sp³-hybridized carbons (Fsp3) is 0.684. The molecule has 8 nitrogen and oxygen atoms in total. The van der Waals surface area contributed by atoms with Crippen LogP contribution in [0.25, 0.3) is 0 Å². The van der Waals surface area contributed by atoms with Crippen molar-refractivity contribution < 1.29 is 14.3 Å². The van der Waals surface area contributed by atoms with E-state index in [9.17, 15) is 9.59 Å². The fourth-order valence-corrected chi connectivity index (χ4v) is 3.15. The molecule has 1 aliphatic heterocycles. The molecule has 0 unspecified atom stereocenters. The summed E-state index contributed by atoms with van der Waals surface area (Å²) in [5.74, 6) is 6.99. The van der Waals surface area contributed by atoms with Crippen molar-refractivity contribution in [1.82, 2.24) is 25.0 Å². The zero-order chi connectivity index (χ0) is 19.8. The highest BCUT2D eigenvalue weighted by Crippen LogP contribution is 2.22. The molecule has 1 aliphatic rings. The second-order valence-electron chi connectivity index (χ2n) is 7.04. The highest BCUT2D eigenvalue weighted by atomic mass is 16.5. The van der Waals surface area contributed by atoms with Gasteiger partial charge in [-0.3, -0.25) is 9.59 Å². The number of hydrogen-bond donors (Lipinski definition) is 1. The summed E-state index contributed by atoms with van der Waals surface area (Å²) in [4.78, 5) is 26.0. The van der Waals surface area contributed by atoms with E-state index in [2.05, 4.69) is 41.2 Å². The van der Waals surface area contributed by atoms with E-state index in [0.29, 0.717) is 45.0 Å². The van der Waals surface area contributed by atoms with Crippen LogP contribution in [0.15, 0.2) is 0 Å². The van der Waals surface area contributed by atoms with Crippen molar-refractivity contribution in [1.29, 1.82) is 0 Å². The van der Waals surface area contributed by atoms with E-state index in [0.717, 1.165) is 18.1 Å². The number of nitrogens with zero attached hydrogens (tertiary/aromatic N) is 4. The van der Waals surface area contributed by atoms with Gasteiger partial charge in [0.1, 0.15) is 5.82 Å². The molecule has 8 heteroatoms. The molecule has 0 aliphatic carbocycles. The van der Waals surface area contributed by atoms with Gasteiger partial charge in [0.15, 0.2) is 5.82 Å². The number of ether oxygens (including phenoxy) is 1. The van der Waals surface area contributed by atoms with E-state index in [4.69, 9.17) is 4.74 Å². The Bertz CT molecular complexity index is 717. The molecule has 27 heavy (non-hydrogen) atoms. The normalized spacial score (nSPS) is 14.8. The number of rotatable bonds is 7. The summed E-state index contributed by atoms with van der Waals surface area (Å²) in [5.41, 5.74) is 0. The minimum Gasteiger partial charge on any atom is -0.384 e. The Kier molecular flexibility index (Phi) is 7.80. The molecule has 0 aromatic carbocycles. The first kappa shape index (κ1) is 20.9. The molecule has 2 rings (SSSR count). The van der Waals surface area contributed by atoms with Gasteiger partial charge in [-0.2, -0.15) is 0 Å². The smallest absolute Gasteiger partial charge is 0.298 e. The van der Waals surface area contributed by atoms with E-state index in [1.807, 2.05) is 4.57 Å². The van der Waals surface area contributed by atoms with Crippen LogP contribution in [0.1, 0.15) is 51.3 Å². The number of aromatic nitrogens is 3. The lowest BCUT2D eigenvalue weighted by Crippen LogP contribution is -2.34. The van der Waals surface area contributed by atoms with Gasteiger partial charge in [-0.25, -0.2) is 0 Å². The van der Waals surface area contributed by atoms with Crippen LogP contribution in [0.5, 0.6) is 0 Å². The zero-order valence-electron chi connectivity index (χ0n) is 16.6. The second-order valence-corrected chi connectivity index (χ2v) is 7.04. The molecule has 0 radical (unpaired) electrons. The number of carbonyl (C=O) groups excluding carboxylic acids is 2. The Labute approximate surface area is 160 Å². The van der Waals surface area contributed by atoms with Crippen LogP contribution in [-0.2, 0) is 27.3 Å². The summed E-state index contributed by atoms with van der Waals surface area (Å²) in [7, 11) is 1.58. The average Bonchev–Trinajstić information content (AvgIpc) is 2.90. The van der Waals surface area contributed by atoms with Crippen LogP contribution in [0.2, 0.25) is 0 Å². The van der Waals surface area contributed by atoms with Gasteiger partial charge in [-0.1, -0.05) is 19.8 Å². The maximum absolute atomic E-state index is 12.2. The van der Waals surface area contributed by atoms with Crippen molar-refractivity contribution >= 4 is 11.8 Å². The van der Waals surface area contributed by atoms with Crippen molar-refractivity contribution in [3.8, 4) is 11.8 Å². The zero-order valence-corrected chi connectivity index (χ0v) is 16.6. The highest BCUT2D eigenvalue weighted by molar-refractivity contribution is 5.93. The van der Waals surface area contributed by atoms with Gasteiger partial charge in [0.25, 0.3) is 5.91 Å². The van der Waals surface area contributed by atoms with Crippen molar-refractivity contribution in [2.45, 2.75) is 52.6 Å². The predicted octanol–water partition coefficient (Wildman–Crippen LogP) is 0.926. The minimum absolute atomic E-state index is 0.0662. The Morgan fingerprint density at radius 3 is 2.70 bits per heavy atom. The lowest BCUT2D eigenvalue weighted by Gasteiger charge is -2.21. The summed E-state index contributed by atoms with van der Waals surface area (Å²) in [6.45, 7) is 7.98. The summed E-state index contributed by atoms with van der Waals surface area (Å²) >= 11 is 0. The number of methoxy groups -OCH3 is 1. The van der Waals surface area contributed by atoms with Gasteiger partial charge in [0.2, 0.25) is 5.91 Å². The Morgan fingerprint density at radius 1 is 1.26 bits per heavy atom. The van der Waals surface area contributed by atoms with Crippen LogP contribution >= 0.6 is 0 Å². The van der Waals surface area contributed by atoms with Crippen molar-refractivity contribution in [3.05, 3.63) is 11.6 Å². The van der Waals surface area contributed by atoms with E-state index in [1.165, 1.54) is 0 Å². The molecule has 0 spiro atoms. The Morgan fingerprint density at radius 2 is 2.04 bits per heavy atom. The van der Waals surface area contributed by atoms with Gasteiger partial charge in [0, 0.05) is 39.6 Å². The van der Waals surface area contributed by atoms with Crippen LogP contribution < -0.4 is 5.32 Å². The quantitative estimate of drug-likeness (QED) is 0.716. The first-order valence-electron chi connectivity index (χ1n) is 9.38. The molecule has 0 fully saturated rings. The highest BCUT2D eigenvalue weighted by Gasteiger charge is 2.26. The molecule has 148 valence electrons. The molecule has 2 amide bonds. The van der Waals surface area contributed by atoms with Gasteiger partial charge < -0.3 is 19.5 Å². The maximum Gasteiger partial charge on any atom is 0.298 e. The number of hydrogen-bond acceptors (Lipinski definition) is 5. The number of nitrogens with one attached hydrogen (secondary N) is 1. The monoisotopic (exact) mass is 375 g/mol. The lowest BCUT2D eigenvalue weighted by atomic mass is 10.0. The summed E-state index contributed by atoms with van der Waals surface area (Å²) < 4.78 is 7.02. The number of amides is 2. The van der Waals surface area contributed by atoms with Crippen molar-refractivity contribution in [2.24, 2.45) is 5.92 Å². The number of fused-ring (bicyclic) bond motifs is 1. The first-order chi connectivity index (χ1) is 13.0. The third-order valence-electron chi connectivity index (χ3n) is 4.46. The average molecular weight is 375 g/mol. The molecule has 1 aromatic heterocycles. The second kappa shape index (κ2) is 10.1. The molecule has 1 aromatic rings. The fourth-order valence-electron chi connectivity index (χ4n) is 3.15. The van der Waals surface area contributed by atoms with Crippen LogP contribution in [0.3, 0.4) is 0 Å². The van der Waals surface area contributed by atoms with E-state index >= 15 is 0 Å². The molecule has 1 atom stereocenters. The predicted molar refractivity (Wildman–Crippen MR) is 101 cm³/mol. The minimum atomic E-state index is -0.215. The summed E-state index contributed by atoms with van der Waals surface area (Å²) in [6, 6.07) is -0.215. The molecule has 2 heterocycles. The SMILES string of the molecule is CC#CC(=O)N1CCc2nnc([C@@H](CC(C)C)NC(=O)CCOC)n2CC1. The van der Waals surface area contributed by atoms with E-state index in [-0.39, 0.29) is 17.9 Å². The molecule has 1 N–H and O–H groups in total. The van der Waals surface area contributed by atoms with Gasteiger partial charge in [-0.15, -0.1) is 10.2 Å². The van der Waals surface area contributed by atoms with Crippen LogP contribution in [0.4, 0.5) is 0 Å². The van der Waals surface area contributed by atoms with Crippen LogP contribution in [0, 0.1) is 17.8 Å². The van der Waals surface area contributed by atoms with Gasteiger partial charge in [0.05, 0.1) is 12.6 Å². The number of carbonyl (C=O) groups is 2. The summed E-state index contributed by atoms with van der Waals surface area (Å²) in [6.07, 6.45) is 1.70. The molecular weight excluding hydrogens is 346 g/mol. The largest absolute Gasteiger partial charge is 0.384 e. The van der Waals surface area contributed by atoms with E-state index < -0.39 is 0 Å². The molecule has 0 saturated heterocycles. The third kappa shape index (κ3) is 5.79. The van der Waals surface area contributed by atoms with Crippen LogP contribution in [-0.4, -0.2) is 58.3 Å². The topological polar surface area (TPSA) is 89.3 Å². The molecular formula is C19H29N5O3. The standard InChI is InChI=1S/C19H29N5O3/c1-5-6-18(26)23-9-7-16-21-22-19(24(16)11-10-23)15(13-14(2)3)20-17(25)8-12-27-4/h14-15H,7-13H2,1-4H3,(H,20,25)/t15-/m1/s1. The lowest BCUT2D eigenvalue weighted by molar-refractivity contribution is -0.125. The van der Waals surface area contributed by atoms with Crippen molar-refractivity contribution in [3.63, 3.8) is 0 Å². The summed E-state index contributed by atoms with van der Waals surface area (Å²) in [5, 5.41) is 11.8. The molecule has 0 bridgehead atoms. The third-order valence-corrected chi connectivity index (χ3v) is 4.46. The Hall–Kier alpha value is -2.40. The maximum atomic E-state index is 12.2.